The third kappa shape index (κ3) is 4.83. The SMILES string of the molecule is Cn1nc(C(C)(C)C)cc1NC(=O)Nc1ncc(C#Cc2cnc(N)nc2)s1. The van der Waals surface area contributed by atoms with Gasteiger partial charge in [0.05, 0.1) is 22.3 Å². The van der Waals surface area contributed by atoms with Crippen molar-refractivity contribution in [2.45, 2.75) is 26.2 Å². The van der Waals surface area contributed by atoms with E-state index in [0.29, 0.717) is 21.4 Å². The van der Waals surface area contributed by atoms with Gasteiger partial charge in [0.15, 0.2) is 5.13 Å². The van der Waals surface area contributed by atoms with Crippen LogP contribution in [0.5, 0.6) is 0 Å². The van der Waals surface area contributed by atoms with Gasteiger partial charge >= 0.3 is 6.03 Å². The van der Waals surface area contributed by atoms with Crippen molar-refractivity contribution in [1.82, 2.24) is 24.7 Å². The zero-order valence-corrected chi connectivity index (χ0v) is 16.8. The number of nitrogens with one attached hydrogen (secondary N) is 2. The molecule has 0 saturated carbocycles. The summed E-state index contributed by atoms with van der Waals surface area (Å²) >= 11 is 1.26. The Morgan fingerprint density at radius 2 is 1.86 bits per heavy atom. The molecule has 0 unspecified atom stereocenters. The maximum absolute atomic E-state index is 12.3. The number of nitrogen functional groups attached to an aromatic ring is 1. The molecule has 0 fully saturated rings. The van der Waals surface area contributed by atoms with Crippen LogP contribution in [-0.4, -0.2) is 30.8 Å². The van der Waals surface area contributed by atoms with E-state index in [-0.39, 0.29) is 11.4 Å². The molecule has 144 valence electrons. The standard InChI is InChI=1S/C18H20N8OS/c1-18(2,3)13-7-14(26(4)25-13)23-16(27)24-17-22-10-12(28-17)6-5-11-8-20-15(19)21-9-11/h7-10H,1-4H3,(H2,19,20,21)(H2,22,23,24,27). The Labute approximate surface area is 166 Å². The number of aryl methyl sites for hydroxylation is 1. The number of rotatable bonds is 2. The quantitative estimate of drug-likeness (QED) is 0.572. The second-order valence-electron chi connectivity index (χ2n) is 6.98. The van der Waals surface area contributed by atoms with Gasteiger partial charge in [-0.1, -0.05) is 38.0 Å². The highest BCUT2D eigenvalue weighted by atomic mass is 32.1. The van der Waals surface area contributed by atoms with Crippen molar-refractivity contribution in [1.29, 1.82) is 0 Å². The molecule has 10 heteroatoms. The van der Waals surface area contributed by atoms with Crippen LogP contribution in [0.1, 0.15) is 36.9 Å². The normalized spacial score (nSPS) is 10.9. The Balaban J connectivity index is 1.63. The van der Waals surface area contributed by atoms with Crippen molar-refractivity contribution in [3.05, 3.63) is 40.8 Å². The molecule has 3 aromatic rings. The third-order valence-corrected chi connectivity index (χ3v) is 4.45. The van der Waals surface area contributed by atoms with Gasteiger partial charge in [-0.2, -0.15) is 5.10 Å². The monoisotopic (exact) mass is 396 g/mol. The molecule has 3 heterocycles. The van der Waals surface area contributed by atoms with Crippen LogP contribution in [0.25, 0.3) is 0 Å². The zero-order valence-electron chi connectivity index (χ0n) is 15.9. The highest BCUT2D eigenvalue weighted by Gasteiger charge is 2.19. The number of hydrogen-bond donors (Lipinski definition) is 3. The van der Waals surface area contributed by atoms with Crippen LogP contribution in [-0.2, 0) is 12.5 Å². The highest BCUT2D eigenvalue weighted by molar-refractivity contribution is 7.16. The molecule has 0 bridgehead atoms. The first-order valence-electron chi connectivity index (χ1n) is 8.38. The fourth-order valence-electron chi connectivity index (χ4n) is 2.12. The summed E-state index contributed by atoms with van der Waals surface area (Å²) in [6.07, 6.45) is 4.68. The summed E-state index contributed by atoms with van der Waals surface area (Å²) in [5.74, 6) is 6.67. The van der Waals surface area contributed by atoms with Crippen LogP contribution in [0.2, 0.25) is 0 Å². The van der Waals surface area contributed by atoms with Crippen molar-refractivity contribution in [3.8, 4) is 11.8 Å². The van der Waals surface area contributed by atoms with E-state index in [1.54, 1.807) is 30.3 Å². The van der Waals surface area contributed by atoms with E-state index in [1.165, 1.54) is 11.3 Å². The largest absolute Gasteiger partial charge is 0.368 e. The highest BCUT2D eigenvalue weighted by Crippen LogP contribution is 2.23. The number of amides is 2. The summed E-state index contributed by atoms with van der Waals surface area (Å²) in [6.45, 7) is 6.19. The molecule has 0 aliphatic rings. The Morgan fingerprint density at radius 1 is 1.14 bits per heavy atom. The molecule has 9 nitrogen and oxygen atoms in total. The Hall–Kier alpha value is -3.45. The molecule has 0 saturated heterocycles. The number of nitrogens with zero attached hydrogens (tertiary/aromatic N) is 5. The van der Waals surface area contributed by atoms with Crippen LogP contribution >= 0.6 is 11.3 Å². The third-order valence-electron chi connectivity index (χ3n) is 3.62. The lowest BCUT2D eigenvalue weighted by Gasteiger charge is -2.13. The summed E-state index contributed by atoms with van der Waals surface area (Å²) in [7, 11) is 1.78. The second kappa shape index (κ2) is 7.66. The molecule has 0 atom stereocenters. The Kier molecular flexibility index (Phi) is 5.28. The van der Waals surface area contributed by atoms with Gasteiger partial charge in [-0.15, -0.1) is 0 Å². The lowest BCUT2D eigenvalue weighted by atomic mass is 9.92. The minimum Gasteiger partial charge on any atom is -0.368 e. The van der Waals surface area contributed by atoms with Crippen molar-refractivity contribution in [2.24, 2.45) is 7.05 Å². The number of carbonyl (C=O) groups excluding carboxylic acids is 1. The van der Waals surface area contributed by atoms with E-state index < -0.39 is 6.03 Å². The van der Waals surface area contributed by atoms with E-state index in [9.17, 15) is 4.79 Å². The van der Waals surface area contributed by atoms with Gasteiger partial charge in [0.2, 0.25) is 5.95 Å². The smallest absolute Gasteiger partial charge is 0.326 e. The number of thiazole rings is 1. The summed E-state index contributed by atoms with van der Waals surface area (Å²) in [5.41, 5.74) is 6.87. The molecule has 0 aliphatic carbocycles. The first kappa shape index (κ1) is 19.3. The maximum atomic E-state index is 12.3. The minimum absolute atomic E-state index is 0.105. The first-order valence-corrected chi connectivity index (χ1v) is 9.20. The van der Waals surface area contributed by atoms with Crippen molar-refractivity contribution >= 4 is 34.3 Å². The summed E-state index contributed by atoms with van der Waals surface area (Å²) in [4.78, 5) is 24.9. The molecule has 3 rings (SSSR count). The minimum atomic E-state index is -0.399. The summed E-state index contributed by atoms with van der Waals surface area (Å²) in [6, 6.07) is 1.46. The molecule has 0 radical (unpaired) electrons. The number of aromatic nitrogens is 5. The predicted octanol–water partition coefficient (Wildman–Crippen LogP) is 2.59. The van der Waals surface area contributed by atoms with Crippen LogP contribution in [0, 0.1) is 11.8 Å². The Bertz CT molecular complexity index is 1050. The molecule has 4 N–H and O–H groups in total. The zero-order chi connectivity index (χ0) is 20.3. The van der Waals surface area contributed by atoms with E-state index in [1.807, 2.05) is 6.07 Å². The van der Waals surface area contributed by atoms with Gasteiger partial charge in [-0.3, -0.25) is 15.3 Å². The van der Waals surface area contributed by atoms with Crippen molar-refractivity contribution < 1.29 is 4.79 Å². The van der Waals surface area contributed by atoms with E-state index in [0.717, 1.165) is 5.69 Å². The molecule has 0 spiro atoms. The molecule has 3 aromatic heterocycles. The molecule has 2 amide bonds. The Morgan fingerprint density at radius 3 is 2.50 bits per heavy atom. The van der Waals surface area contributed by atoms with Gasteiger partial charge in [-0.05, 0) is 5.92 Å². The molecular formula is C18H20N8OS. The van der Waals surface area contributed by atoms with Gasteiger partial charge < -0.3 is 5.73 Å². The van der Waals surface area contributed by atoms with E-state index >= 15 is 0 Å². The van der Waals surface area contributed by atoms with Crippen molar-refractivity contribution in [2.75, 3.05) is 16.4 Å². The van der Waals surface area contributed by atoms with Crippen LogP contribution in [0.15, 0.2) is 24.7 Å². The van der Waals surface area contributed by atoms with Crippen molar-refractivity contribution in [3.63, 3.8) is 0 Å². The summed E-state index contributed by atoms with van der Waals surface area (Å²) in [5, 5.41) is 10.3. The summed E-state index contributed by atoms with van der Waals surface area (Å²) < 4.78 is 1.63. The maximum Gasteiger partial charge on any atom is 0.326 e. The molecule has 0 aromatic carbocycles. The lowest BCUT2D eigenvalue weighted by Crippen LogP contribution is -2.20. The lowest BCUT2D eigenvalue weighted by molar-refractivity contribution is 0.262. The van der Waals surface area contributed by atoms with E-state index in [4.69, 9.17) is 5.73 Å². The van der Waals surface area contributed by atoms with Gasteiger partial charge in [-0.25, -0.2) is 19.7 Å². The number of hydrogen-bond acceptors (Lipinski definition) is 7. The fourth-order valence-corrected chi connectivity index (χ4v) is 2.79. The van der Waals surface area contributed by atoms with Crippen LogP contribution in [0.4, 0.5) is 21.7 Å². The number of nitrogens with two attached hydrogens (primary N) is 1. The average molecular weight is 396 g/mol. The number of anilines is 3. The van der Waals surface area contributed by atoms with Crippen LogP contribution < -0.4 is 16.4 Å². The topological polar surface area (TPSA) is 124 Å². The second-order valence-corrected chi connectivity index (χ2v) is 8.01. The molecule has 28 heavy (non-hydrogen) atoms. The van der Waals surface area contributed by atoms with Gasteiger partial charge in [0.1, 0.15) is 5.82 Å². The molecule has 0 aliphatic heterocycles. The van der Waals surface area contributed by atoms with Gasteiger partial charge in [0.25, 0.3) is 0 Å². The number of carbonyl (C=O) groups is 1. The predicted molar refractivity (Wildman–Crippen MR) is 109 cm³/mol. The average Bonchev–Trinajstić information content (AvgIpc) is 3.21. The fraction of sp³-hybridized carbons (Fsp3) is 0.278. The van der Waals surface area contributed by atoms with E-state index in [2.05, 4.69) is 63.3 Å². The van der Waals surface area contributed by atoms with Gasteiger partial charge in [0, 0.05) is 30.9 Å². The van der Waals surface area contributed by atoms with Crippen LogP contribution in [0.3, 0.4) is 0 Å². The molecular weight excluding hydrogens is 376 g/mol. The first-order chi connectivity index (χ1) is 13.2. The number of urea groups is 1.